The minimum absolute atomic E-state index is 0.0155. The molecule has 1 aromatic rings. The van der Waals surface area contributed by atoms with E-state index in [0.717, 1.165) is 6.07 Å². The van der Waals surface area contributed by atoms with Crippen LogP contribution < -0.4 is 5.32 Å². The highest BCUT2D eigenvalue weighted by Crippen LogP contribution is 2.25. The number of para-hydroxylation sites is 1. The number of halogens is 1. The van der Waals surface area contributed by atoms with Gasteiger partial charge in [0.2, 0.25) is 15.9 Å². The second kappa shape index (κ2) is 7.92. The second-order valence-corrected chi connectivity index (χ2v) is 7.97. The van der Waals surface area contributed by atoms with Gasteiger partial charge in [-0.3, -0.25) is 4.79 Å². The lowest BCUT2D eigenvalue weighted by molar-refractivity contribution is -0.120. The van der Waals surface area contributed by atoms with E-state index in [0.29, 0.717) is 12.8 Å². The van der Waals surface area contributed by atoms with E-state index < -0.39 is 33.6 Å². The SMILES string of the molecule is CCS(=O)(=O)N1CCC(C(=O)Nc2c(F)cccc2C(=O)OC)CC1. The molecule has 0 aromatic heterocycles. The molecule has 1 aromatic carbocycles. The van der Waals surface area contributed by atoms with Crippen LogP contribution in [0.1, 0.15) is 30.1 Å². The van der Waals surface area contributed by atoms with Crippen molar-refractivity contribution < 1.29 is 27.1 Å². The summed E-state index contributed by atoms with van der Waals surface area (Å²) in [7, 11) is -2.11. The van der Waals surface area contributed by atoms with Gasteiger partial charge in [0.15, 0.2) is 0 Å². The Hall–Kier alpha value is -2.00. The van der Waals surface area contributed by atoms with Crippen LogP contribution in [0.25, 0.3) is 0 Å². The van der Waals surface area contributed by atoms with Crippen molar-refractivity contribution in [2.45, 2.75) is 19.8 Å². The number of ether oxygens (including phenoxy) is 1. The Morgan fingerprint density at radius 1 is 1.32 bits per heavy atom. The molecular formula is C16H21FN2O5S. The predicted octanol–water partition coefficient (Wildman–Crippen LogP) is 1.61. The number of carbonyl (C=O) groups is 2. The molecule has 0 bridgehead atoms. The minimum atomic E-state index is -3.28. The average Bonchev–Trinajstić information content (AvgIpc) is 2.62. The second-order valence-electron chi connectivity index (χ2n) is 5.72. The Balaban J connectivity index is 2.08. The molecule has 0 radical (unpaired) electrons. The summed E-state index contributed by atoms with van der Waals surface area (Å²) < 4.78 is 43.7. The van der Waals surface area contributed by atoms with E-state index >= 15 is 0 Å². The van der Waals surface area contributed by atoms with E-state index in [1.807, 2.05) is 0 Å². The van der Waals surface area contributed by atoms with Gasteiger partial charge in [-0.2, -0.15) is 0 Å². The van der Waals surface area contributed by atoms with Crippen LogP contribution in [-0.4, -0.2) is 50.6 Å². The topological polar surface area (TPSA) is 92.8 Å². The molecule has 9 heteroatoms. The number of methoxy groups -OCH3 is 1. The standard InChI is InChI=1S/C16H21FN2O5S/c1-3-25(22,23)19-9-7-11(8-10-19)15(20)18-14-12(16(21)24-2)5-4-6-13(14)17/h4-6,11H,3,7-10H2,1-2H3,(H,18,20). The zero-order chi connectivity index (χ0) is 18.6. The van der Waals surface area contributed by atoms with Gasteiger partial charge in [-0.1, -0.05) is 6.07 Å². The van der Waals surface area contributed by atoms with Crippen molar-refractivity contribution in [3.05, 3.63) is 29.6 Å². The molecule has 1 aliphatic rings. The molecular weight excluding hydrogens is 351 g/mol. The van der Waals surface area contributed by atoms with Crippen LogP contribution in [0.15, 0.2) is 18.2 Å². The number of hydrogen-bond donors (Lipinski definition) is 1. The van der Waals surface area contributed by atoms with Crippen LogP contribution in [0.5, 0.6) is 0 Å². The third kappa shape index (κ3) is 4.35. The number of nitrogens with one attached hydrogen (secondary N) is 1. The minimum Gasteiger partial charge on any atom is -0.465 e. The normalized spacial score (nSPS) is 16.4. The van der Waals surface area contributed by atoms with E-state index in [2.05, 4.69) is 10.1 Å². The number of rotatable bonds is 5. The zero-order valence-electron chi connectivity index (χ0n) is 14.1. The Kier molecular flexibility index (Phi) is 6.12. The number of hydrogen-bond acceptors (Lipinski definition) is 5. The maximum atomic E-state index is 14.0. The fourth-order valence-electron chi connectivity index (χ4n) is 2.74. The van der Waals surface area contributed by atoms with Gasteiger partial charge >= 0.3 is 5.97 Å². The van der Waals surface area contributed by atoms with Crippen molar-refractivity contribution in [2.24, 2.45) is 5.92 Å². The summed E-state index contributed by atoms with van der Waals surface area (Å²) in [6.45, 7) is 2.06. The Labute approximate surface area is 146 Å². The summed E-state index contributed by atoms with van der Waals surface area (Å²) in [6, 6.07) is 3.85. The van der Waals surface area contributed by atoms with E-state index in [1.165, 1.54) is 23.5 Å². The zero-order valence-corrected chi connectivity index (χ0v) is 14.9. The molecule has 1 fully saturated rings. The van der Waals surface area contributed by atoms with E-state index in [4.69, 9.17) is 0 Å². The number of amides is 1. The highest BCUT2D eigenvalue weighted by atomic mass is 32.2. The molecule has 1 amide bonds. The largest absolute Gasteiger partial charge is 0.465 e. The lowest BCUT2D eigenvalue weighted by atomic mass is 9.97. The third-order valence-corrected chi connectivity index (χ3v) is 6.13. The van der Waals surface area contributed by atoms with Crippen molar-refractivity contribution in [3.8, 4) is 0 Å². The van der Waals surface area contributed by atoms with Gasteiger partial charge in [-0.25, -0.2) is 21.9 Å². The van der Waals surface area contributed by atoms with Gasteiger partial charge in [0.05, 0.1) is 24.1 Å². The van der Waals surface area contributed by atoms with E-state index in [9.17, 15) is 22.4 Å². The number of benzene rings is 1. The van der Waals surface area contributed by atoms with Crippen molar-refractivity contribution >= 4 is 27.6 Å². The highest BCUT2D eigenvalue weighted by molar-refractivity contribution is 7.89. The lowest BCUT2D eigenvalue weighted by Crippen LogP contribution is -2.42. The molecule has 1 N–H and O–H groups in total. The number of piperidine rings is 1. The lowest BCUT2D eigenvalue weighted by Gasteiger charge is -2.30. The molecule has 0 spiro atoms. The van der Waals surface area contributed by atoms with E-state index in [-0.39, 0.29) is 30.1 Å². The van der Waals surface area contributed by atoms with Crippen LogP contribution >= 0.6 is 0 Å². The number of nitrogens with zero attached hydrogens (tertiary/aromatic N) is 1. The number of esters is 1. The summed E-state index contributed by atoms with van der Waals surface area (Å²) in [4.78, 5) is 24.1. The van der Waals surface area contributed by atoms with Gasteiger partial charge in [0.25, 0.3) is 0 Å². The van der Waals surface area contributed by atoms with E-state index in [1.54, 1.807) is 6.92 Å². The number of carbonyl (C=O) groups excluding carboxylic acids is 2. The summed E-state index contributed by atoms with van der Waals surface area (Å²) in [5, 5.41) is 2.45. The molecule has 0 atom stereocenters. The van der Waals surface area contributed by atoms with Crippen LogP contribution in [0.4, 0.5) is 10.1 Å². The van der Waals surface area contributed by atoms with Crippen LogP contribution in [-0.2, 0) is 19.6 Å². The van der Waals surface area contributed by atoms with Crippen LogP contribution in [0, 0.1) is 11.7 Å². The molecule has 1 heterocycles. The maximum absolute atomic E-state index is 14.0. The molecule has 0 saturated carbocycles. The molecule has 2 rings (SSSR count). The number of sulfonamides is 1. The predicted molar refractivity (Wildman–Crippen MR) is 90.1 cm³/mol. The Bertz CT molecular complexity index is 758. The van der Waals surface area contributed by atoms with Gasteiger partial charge in [0.1, 0.15) is 5.82 Å². The summed E-state index contributed by atoms with van der Waals surface area (Å²) in [6.07, 6.45) is 0.681. The highest BCUT2D eigenvalue weighted by Gasteiger charge is 2.31. The quantitative estimate of drug-likeness (QED) is 0.793. The maximum Gasteiger partial charge on any atom is 0.340 e. The third-order valence-electron chi connectivity index (χ3n) is 4.25. The van der Waals surface area contributed by atoms with Crippen molar-refractivity contribution in [2.75, 3.05) is 31.3 Å². The summed E-state index contributed by atoms with van der Waals surface area (Å²) in [5.41, 5.74) is -0.287. The molecule has 25 heavy (non-hydrogen) atoms. The summed E-state index contributed by atoms with van der Waals surface area (Å²) in [5.74, 6) is -2.36. The smallest absolute Gasteiger partial charge is 0.340 e. The molecule has 0 unspecified atom stereocenters. The number of anilines is 1. The average molecular weight is 372 g/mol. The monoisotopic (exact) mass is 372 g/mol. The van der Waals surface area contributed by atoms with Crippen LogP contribution in [0.3, 0.4) is 0 Å². The Morgan fingerprint density at radius 3 is 2.52 bits per heavy atom. The fraction of sp³-hybridized carbons (Fsp3) is 0.500. The summed E-state index contributed by atoms with van der Waals surface area (Å²) >= 11 is 0. The first kappa shape index (κ1) is 19.3. The first-order chi connectivity index (χ1) is 11.8. The van der Waals surface area contributed by atoms with Crippen LogP contribution in [0.2, 0.25) is 0 Å². The molecule has 7 nitrogen and oxygen atoms in total. The van der Waals surface area contributed by atoms with Gasteiger partial charge in [-0.15, -0.1) is 0 Å². The Morgan fingerprint density at radius 2 is 1.96 bits per heavy atom. The van der Waals surface area contributed by atoms with Crippen molar-refractivity contribution in [1.29, 1.82) is 0 Å². The van der Waals surface area contributed by atoms with Gasteiger partial charge in [0, 0.05) is 19.0 Å². The molecule has 138 valence electrons. The molecule has 1 saturated heterocycles. The first-order valence-electron chi connectivity index (χ1n) is 7.95. The van der Waals surface area contributed by atoms with Crippen molar-refractivity contribution in [3.63, 3.8) is 0 Å². The molecule has 0 aliphatic carbocycles. The van der Waals surface area contributed by atoms with Gasteiger partial charge < -0.3 is 10.1 Å². The first-order valence-corrected chi connectivity index (χ1v) is 9.56. The molecule has 1 aliphatic heterocycles. The van der Waals surface area contributed by atoms with Crippen molar-refractivity contribution in [1.82, 2.24) is 4.31 Å². The van der Waals surface area contributed by atoms with Gasteiger partial charge in [-0.05, 0) is 31.9 Å². The fourth-order valence-corrected chi connectivity index (χ4v) is 3.87.